The van der Waals surface area contributed by atoms with Gasteiger partial charge in [0.05, 0.1) is 14.2 Å². The highest BCUT2D eigenvalue weighted by Gasteiger charge is 2.18. The van der Waals surface area contributed by atoms with Crippen LogP contribution in [0, 0.1) is 0 Å². The molecule has 2 aromatic carbocycles. The van der Waals surface area contributed by atoms with Gasteiger partial charge >= 0.3 is 0 Å². The van der Waals surface area contributed by atoms with Gasteiger partial charge in [-0.25, -0.2) is 0 Å². The largest absolute Gasteiger partial charge is 0.497 e. The number of benzene rings is 2. The summed E-state index contributed by atoms with van der Waals surface area (Å²) in [4.78, 5) is 12.3. The summed E-state index contributed by atoms with van der Waals surface area (Å²) in [6, 6.07) is 12.1. The number of hydrogen-bond acceptors (Lipinski definition) is 2. The number of fused-ring (bicyclic) bond motifs is 1. The molecule has 2 rings (SSSR count). The number of amides is 1. The van der Waals surface area contributed by atoms with Crippen molar-refractivity contribution < 1.29 is 14.4 Å². The Morgan fingerprint density at radius 1 is 1.25 bits per heavy atom. The molecule has 2 atom stereocenters. The van der Waals surface area contributed by atoms with Gasteiger partial charge in [-0.1, -0.05) is 18.2 Å². The third-order valence-corrected chi connectivity index (χ3v) is 3.76. The molecule has 3 N–H and O–H groups in total. The first-order valence-electron chi connectivity index (χ1n) is 6.69. The average molecular weight is 273 g/mol. The number of nitrogens with two attached hydrogens (primary N) is 1. The lowest BCUT2D eigenvalue weighted by molar-refractivity contribution is -0.908. The topological polar surface area (TPSA) is 56.8 Å². The highest BCUT2D eigenvalue weighted by molar-refractivity contribution is 5.84. The number of hydrogen-bond donors (Lipinski definition) is 2. The van der Waals surface area contributed by atoms with E-state index in [1.807, 2.05) is 32.2 Å². The summed E-state index contributed by atoms with van der Waals surface area (Å²) in [5.41, 5.74) is 6.53. The summed E-state index contributed by atoms with van der Waals surface area (Å²) in [6.45, 7) is 2.62. The summed E-state index contributed by atoms with van der Waals surface area (Å²) in [5.74, 6) is 0.586. The first-order valence-corrected chi connectivity index (χ1v) is 6.69. The lowest BCUT2D eigenvalue weighted by Gasteiger charge is -2.19. The van der Waals surface area contributed by atoms with Gasteiger partial charge in [0.2, 0.25) is 0 Å². The van der Waals surface area contributed by atoms with E-state index in [2.05, 4.69) is 18.2 Å². The Bertz CT molecular complexity index is 625. The van der Waals surface area contributed by atoms with Crippen molar-refractivity contribution in [2.24, 2.45) is 5.73 Å². The molecule has 0 saturated heterocycles. The van der Waals surface area contributed by atoms with E-state index in [0.29, 0.717) is 0 Å². The number of quaternary nitrogens is 1. The van der Waals surface area contributed by atoms with Crippen LogP contribution >= 0.6 is 0 Å². The van der Waals surface area contributed by atoms with Gasteiger partial charge < -0.3 is 15.4 Å². The van der Waals surface area contributed by atoms with Crippen LogP contribution in [0.15, 0.2) is 36.4 Å². The van der Waals surface area contributed by atoms with Gasteiger partial charge in [-0.2, -0.15) is 0 Å². The van der Waals surface area contributed by atoms with Crippen LogP contribution in [0.2, 0.25) is 0 Å². The van der Waals surface area contributed by atoms with Crippen molar-refractivity contribution in [3.63, 3.8) is 0 Å². The highest BCUT2D eigenvalue weighted by Crippen LogP contribution is 2.21. The predicted octanol–water partition coefficient (Wildman–Crippen LogP) is 0.737. The van der Waals surface area contributed by atoms with Crippen molar-refractivity contribution in [1.82, 2.24) is 0 Å². The quantitative estimate of drug-likeness (QED) is 0.844. The summed E-state index contributed by atoms with van der Waals surface area (Å²) in [6.07, 6.45) is 0. The molecule has 0 fully saturated rings. The lowest BCUT2D eigenvalue weighted by Crippen LogP contribution is -3.12. The smallest absolute Gasteiger partial charge is 0.275 e. The van der Waals surface area contributed by atoms with Gasteiger partial charge in [-0.15, -0.1) is 0 Å². The molecule has 1 unspecified atom stereocenters. The zero-order valence-electron chi connectivity index (χ0n) is 12.1. The van der Waals surface area contributed by atoms with E-state index in [0.717, 1.165) is 22.6 Å². The minimum absolute atomic E-state index is 0.193. The van der Waals surface area contributed by atoms with E-state index >= 15 is 0 Å². The fourth-order valence-electron chi connectivity index (χ4n) is 2.23. The molecular formula is C16H21N2O2+. The minimum atomic E-state index is -0.270. The third-order valence-electron chi connectivity index (χ3n) is 3.76. The fourth-order valence-corrected chi connectivity index (χ4v) is 2.23. The molecule has 20 heavy (non-hydrogen) atoms. The van der Waals surface area contributed by atoms with Crippen LogP contribution in [0.1, 0.15) is 12.5 Å². The van der Waals surface area contributed by atoms with E-state index in [9.17, 15) is 4.79 Å². The molecule has 0 aliphatic carbocycles. The molecule has 4 nitrogen and oxygen atoms in total. The van der Waals surface area contributed by atoms with Crippen molar-refractivity contribution in [2.45, 2.75) is 19.5 Å². The van der Waals surface area contributed by atoms with Crippen LogP contribution in [0.25, 0.3) is 10.8 Å². The lowest BCUT2D eigenvalue weighted by atomic mass is 10.1. The second kappa shape index (κ2) is 5.92. The molecule has 1 amide bonds. The molecule has 0 spiro atoms. The van der Waals surface area contributed by atoms with E-state index in [4.69, 9.17) is 10.5 Å². The van der Waals surface area contributed by atoms with Crippen LogP contribution in [-0.2, 0) is 11.3 Å². The molecule has 0 aliphatic heterocycles. The second-order valence-corrected chi connectivity index (χ2v) is 5.19. The summed E-state index contributed by atoms with van der Waals surface area (Å²) < 4.78 is 5.22. The molecule has 2 aromatic rings. The van der Waals surface area contributed by atoms with Crippen molar-refractivity contribution in [3.05, 3.63) is 42.0 Å². The van der Waals surface area contributed by atoms with Crippen LogP contribution in [0.4, 0.5) is 0 Å². The Kier molecular flexibility index (Phi) is 4.25. The van der Waals surface area contributed by atoms with E-state index in [1.54, 1.807) is 7.11 Å². The van der Waals surface area contributed by atoms with Crippen LogP contribution in [0.3, 0.4) is 0 Å². The zero-order valence-corrected chi connectivity index (χ0v) is 12.1. The van der Waals surface area contributed by atoms with Gasteiger partial charge in [-0.05, 0) is 35.9 Å². The number of primary amides is 1. The Balaban J connectivity index is 2.22. The van der Waals surface area contributed by atoms with Gasteiger partial charge in [0, 0.05) is 5.56 Å². The number of ether oxygens (including phenoxy) is 1. The van der Waals surface area contributed by atoms with Crippen LogP contribution < -0.4 is 15.4 Å². The summed E-state index contributed by atoms with van der Waals surface area (Å²) >= 11 is 0. The number of methoxy groups -OCH3 is 1. The number of carbonyl (C=O) groups is 1. The van der Waals surface area contributed by atoms with Crippen molar-refractivity contribution >= 4 is 16.7 Å². The highest BCUT2D eigenvalue weighted by atomic mass is 16.5. The maximum Gasteiger partial charge on any atom is 0.275 e. The van der Waals surface area contributed by atoms with Gasteiger partial charge in [0.1, 0.15) is 12.3 Å². The molecule has 0 bridgehead atoms. The van der Waals surface area contributed by atoms with E-state index in [1.165, 1.54) is 10.9 Å². The number of nitrogens with one attached hydrogen (secondary N) is 1. The second-order valence-electron chi connectivity index (χ2n) is 5.19. The summed E-state index contributed by atoms with van der Waals surface area (Å²) in [7, 11) is 3.65. The molecule has 106 valence electrons. The van der Waals surface area contributed by atoms with Crippen molar-refractivity contribution in [3.8, 4) is 5.75 Å². The standard InChI is InChI=1S/C16H20N2O2/c1-11(16(17)19)18(2)10-12-4-5-14-9-15(20-3)7-6-13(14)8-12/h4-9,11H,10H2,1-3H3,(H2,17,19)/p+1/t11-/m1/s1. The van der Waals surface area contributed by atoms with Crippen LogP contribution in [-0.4, -0.2) is 26.1 Å². The maximum atomic E-state index is 11.2. The molecule has 4 heteroatoms. The predicted molar refractivity (Wildman–Crippen MR) is 79.7 cm³/mol. The SMILES string of the molecule is COc1ccc2cc(C[NH+](C)[C@H](C)C(N)=O)ccc2c1. The molecule has 0 aromatic heterocycles. The molecule has 0 aliphatic rings. The fraction of sp³-hybridized carbons (Fsp3) is 0.312. The number of carbonyl (C=O) groups excluding carboxylic acids is 1. The number of rotatable bonds is 5. The Hall–Kier alpha value is -2.07. The van der Waals surface area contributed by atoms with E-state index in [-0.39, 0.29) is 11.9 Å². The Morgan fingerprint density at radius 2 is 1.90 bits per heavy atom. The normalized spacial score (nSPS) is 13.9. The third kappa shape index (κ3) is 3.08. The van der Waals surface area contributed by atoms with Crippen molar-refractivity contribution in [2.75, 3.05) is 14.2 Å². The molecular weight excluding hydrogens is 252 g/mol. The van der Waals surface area contributed by atoms with Crippen molar-refractivity contribution in [1.29, 1.82) is 0 Å². The van der Waals surface area contributed by atoms with Gasteiger partial charge in [-0.3, -0.25) is 4.79 Å². The average Bonchev–Trinajstić information content (AvgIpc) is 2.45. The van der Waals surface area contributed by atoms with Gasteiger partial charge in [0.15, 0.2) is 6.04 Å². The van der Waals surface area contributed by atoms with Crippen LogP contribution in [0.5, 0.6) is 5.75 Å². The molecule has 0 heterocycles. The Morgan fingerprint density at radius 3 is 2.55 bits per heavy atom. The molecule has 0 saturated carbocycles. The Labute approximate surface area is 119 Å². The maximum absolute atomic E-state index is 11.2. The summed E-state index contributed by atoms with van der Waals surface area (Å²) in [5, 5.41) is 2.32. The van der Waals surface area contributed by atoms with E-state index < -0.39 is 0 Å². The number of likely N-dealkylation sites (N-methyl/N-ethyl adjacent to an activating group) is 1. The molecule has 0 radical (unpaired) electrons. The van der Waals surface area contributed by atoms with Gasteiger partial charge in [0.25, 0.3) is 5.91 Å². The first kappa shape index (κ1) is 14.3. The first-order chi connectivity index (χ1) is 9.51. The zero-order chi connectivity index (χ0) is 14.7. The minimum Gasteiger partial charge on any atom is -0.497 e. The monoisotopic (exact) mass is 273 g/mol.